The number of carbonyl (C=O) groups is 1. The van der Waals surface area contributed by atoms with E-state index in [2.05, 4.69) is 10.1 Å². The number of ether oxygens (including phenoxy) is 1. The zero-order chi connectivity index (χ0) is 20.1. The Morgan fingerprint density at radius 3 is 2.57 bits per heavy atom. The van der Waals surface area contributed by atoms with E-state index in [0.717, 1.165) is 11.1 Å². The number of carbonyl (C=O) groups excluding carboxylic acids is 1. The molecule has 1 amide bonds. The number of rotatable bonds is 7. The smallest absolute Gasteiger partial charge is 0.263 e. The lowest BCUT2D eigenvalue weighted by molar-refractivity contribution is -0.138. The predicted octanol–water partition coefficient (Wildman–Crippen LogP) is 4.17. The van der Waals surface area contributed by atoms with Crippen LogP contribution in [0.4, 0.5) is 0 Å². The van der Waals surface area contributed by atoms with Gasteiger partial charge >= 0.3 is 0 Å². The van der Waals surface area contributed by atoms with E-state index >= 15 is 0 Å². The lowest BCUT2D eigenvalue weighted by Crippen LogP contribution is -2.39. The molecule has 1 heterocycles. The molecule has 3 rings (SSSR count). The van der Waals surface area contributed by atoms with Gasteiger partial charge in [-0.2, -0.15) is 4.98 Å². The summed E-state index contributed by atoms with van der Waals surface area (Å²) in [5.41, 5.74) is 3.19. The van der Waals surface area contributed by atoms with Crippen LogP contribution in [0.25, 0.3) is 11.4 Å². The summed E-state index contributed by atoms with van der Waals surface area (Å²) in [6.45, 7) is 6.23. The van der Waals surface area contributed by atoms with Gasteiger partial charge in [-0.3, -0.25) is 4.79 Å². The van der Waals surface area contributed by atoms with E-state index in [1.807, 2.05) is 69.3 Å². The third-order valence-corrected chi connectivity index (χ3v) is 4.65. The highest BCUT2D eigenvalue weighted by molar-refractivity contribution is 5.81. The second-order valence-electron chi connectivity index (χ2n) is 6.83. The highest BCUT2D eigenvalue weighted by Gasteiger charge is 2.24. The Morgan fingerprint density at radius 1 is 1.14 bits per heavy atom. The molecule has 1 atom stereocenters. The molecule has 0 unspecified atom stereocenters. The van der Waals surface area contributed by atoms with Crippen LogP contribution in [-0.2, 0) is 11.3 Å². The Labute approximate surface area is 165 Å². The molecule has 1 aromatic heterocycles. The highest BCUT2D eigenvalue weighted by Crippen LogP contribution is 2.20. The number of aryl methyl sites for hydroxylation is 2. The SMILES string of the molecule is CC[C@H](Oc1ccc(C)c(C)c1)C(=O)N(C)Cc1nc(-c2ccccc2)no1. The van der Waals surface area contributed by atoms with Crippen molar-refractivity contribution in [3.63, 3.8) is 0 Å². The van der Waals surface area contributed by atoms with Gasteiger partial charge in [-0.05, 0) is 43.5 Å². The molecule has 28 heavy (non-hydrogen) atoms. The zero-order valence-corrected chi connectivity index (χ0v) is 16.7. The van der Waals surface area contributed by atoms with Crippen molar-refractivity contribution in [1.29, 1.82) is 0 Å². The van der Waals surface area contributed by atoms with E-state index in [4.69, 9.17) is 9.26 Å². The predicted molar refractivity (Wildman–Crippen MR) is 107 cm³/mol. The first-order valence-electron chi connectivity index (χ1n) is 9.34. The maximum absolute atomic E-state index is 12.8. The van der Waals surface area contributed by atoms with Crippen molar-refractivity contribution in [3.05, 3.63) is 65.5 Å². The summed E-state index contributed by atoms with van der Waals surface area (Å²) in [6, 6.07) is 15.4. The van der Waals surface area contributed by atoms with Gasteiger partial charge in [0.2, 0.25) is 11.7 Å². The van der Waals surface area contributed by atoms with Crippen molar-refractivity contribution in [2.24, 2.45) is 0 Å². The van der Waals surface area contributed by atoms with Gasteiger partial charge in [0.15, 0.2) is 6.10 Å². The van der Waals surface area contributed by atoms with Gasteiger partial charge in [0.1, 0.15) is 5.75 Å². The fourth-order valence-corrected chi connectivity index (χ4v) is 2.81. The van der Waals surface area contributed by atoms with Gasteiger partial charge < -0.3 is 14.2 Å². The first-order valence-corrected chi connectivity index (χ1v) is 9.34. The van der Waals surface area contributed by atoms with Crippen LogP contribution in [0.3, 0.4) is 0 Å². The second kappa shape index (κ2) is 8.69. The van der Waals surface area contributed by atoms with E-state index in [9.17, 15) is 4.79 Å². The molecule has 0 radical (unpaired) electrons. The minimum Gasteiger partial charge on any atom is -0.481 e. The molecule has 0 N–H and O–H groups in total. The van der Waals surface area contributed by atoms with Gasteiger partial charge in [-0.1, -0.05) is 48.5 Å². The van der Waals surface area contributed by atoms with E-state index in [0.29, 0.717) is 23.9 Å². The average Bonchev–Trinajstić information content (AvgIpc) is 3.17. The molecule has 0 aliphatic rings. The van der Waals surface area contributed by atoms with Crippen molar-refractivity contribution in [1.82, 2.24) is 15.0 Å². The number of hydrogen-bond acceptors (Lipinski definition) is 5. The number of amides is 1. The first kappa shape index (κ1) is 19.6. The average molecular weight is 379 g/mol. The van der Waals surface area contributed by atoms with Crippen molar-refractivity contribution in [3.8, 4) is 17.1 Å². The highest BCUT2D eigenvalue weighted by atomic mass is 16.5. The largest absolute Gasteiger partial charge is 0.481 e. The van der Waals surface area contributed by atoms with Crippen LogP contribution >= 0.6 is 0 Å². The van der Waals surface area contributed by atoms with Crippen molar-refractivity contribution < 1.29 is 14.1 Å². The van der Waals surface area contributed by atoms with Crippen molar-refractivity contribution >= 4 is 5.91 Å². The van der Waals surface area contributed by atoms with E-state index in [1.165, 1.54) is 5.56 Å². The quantitative estimate of drug-likeness (QED) is 0.616. The molecule has 0 aliphatic heterocycles. The summed E-state index contributed by atoms with van der Waals surface area (Å²) >= 11 is 0. The lowest BCUT2D eigenvalue weighted by Gasteiger charge is -2.23. The third kappa shape index (κ3) is 4.57. The fraction of sp³-hybridized carbons (Fsp3) is 0.318. The molecule has 3 aromatic rings. The Hall–Kier alpha value is -3.15. The van der Waals surface area contributed by atoms with Crippen molar-refractivity contribution in [2.75, 3.05) is 7.05 Å². The summed E-state index contributed by atoms with van der Waals surface area (Å²) in [5, 5.41) is 3.99. The Morgan fingerprint density at radius 2 is 1.89 bits per heavy atom. The monoisotopic (exact) mass is 379 g/mol. The normalized spacial score (nSPS) is 11.9. The van der Waals surface area contributed by atoms with Crippen LogP contribution in [0.2, 0.25) is 0 Å². The van der Waals surface area contributed by atoms with Crippen LogP contribution in [0.5, 0.6) is 5.75 Å². The Bertz CT molecular complexity index is 937. The number of nitrogens with zero attached hydrogens (tertiary/aromatic N) is 3. The van der Waals surface area contributed by atoms with Crippen LogP contribution in [0.15, 0.2) is 53.1 Å². The van der Waals surface area contributed by atoms with E-state index < -0.39 is 6.10 Å². The summed E-state index contributed by atoms with van der Waals surface area (Å²) < 4.78 is 11.2. The number of likely N-dealkylation sites (N-methyl/N-ethyl adjacent to an activating group) is 1. The van der Waals surface area contributed by atoms with Gasteiger partial charge in [-0.15, -0.1) is 0 Å². The summed E-state index contributed by atoms with van der Waals surface area (Å²) in [6.07, 6.45) is -0.00141. The molecule has 0 saturated carbocycles. The van der Waals surface area contributed by atoms with Crippen LogP contribution < -0.4 is 4.74 Å². The lowest BCUT2D eigenvalue weighted by atomic mass is 10.1. The fourth-order valence-electron chi connectivity index (χ4n) is 2.81. The first-order chi connectivity index (χ1) is 13.5. The van der Waals surface area contributed by atoms with Gasteiger partial charge in [0, 0.05) is 12.6 Å². The summed E-state index contributed by atoms with van der Waals surface area (Å²) in [4.78, 5) is 18.8. The topological polar surface area (TPSA) is 68.5 Å². The Balaban J connectivity index is 1.65. The summed E-state index contributed by atoms with van der Waals surface area (Å²) in [5.74, 6) is 1.46. The number of benzene rings is 2. The van der Waals surface area contributed by atoms with Crippen LogP contribution in [0, 0.1) is 13.8 Å². The molecule has 0 spiro atoms. The molecular formula is C22H25N3O3. The van der Waals surface area contributed by atoms with Crippen LogP contribution in [0.1, 0.15) is 30.4 Å². The van der Waals surface area contributed by atoms with Crippen molar-refractivity contribution in [2.45, 2.75) is 39.8 Å². The van der Waals surface area contributed by atoms with Gasteiger partial charge in [0.05, 0.1) is 6.54 Å². The molecule has 2 aromatic carbocycles. The standard InChI is InChI=1S/C22H25N3O3/c1-5-19(27-18-12-11-15(2)16(3)13-18)22(26)25(4)14-20-23-21(24-28-20)17-9-7-6-8-10-17/h6-13,19H,5,14H2,1-4H3/t19-/m0/s1. The maximum atomic E-state index is 12.8. The molecule has 146 valence electrons. The Kier molecular flexibility index (Phi) is 6.09. The molecule has 0 fully saturated rings. The summed E-state index contributed by atoms with van der Waals surface area (Å²) in [7, 11) is 1.71. The number of aromatic nitrogens is 2. The molecular weight excluding hydrogens is 354 g/mol. The van der Waals surface area contributed by atoms with E-state index in [1.54, 1.807) is 11.9 Å². The minimum atomic E-state index is -0.566. The van der Waals surface area contributed by atoms with Gasteiger partial charge in [-0.25, -0.2) is 0 Å². The molecule has 0 bridgehead atoms. The maximum Gasteiger partial charge on any atom is 0.263 e. The molecule has 6 nitrogen and oxygen atoms in total. The molecule has 0 aliphatic carbocycles. The van der Waals surface area contributed by atoms with Crippen LogP contribution in [-0.4, -0.2) is 34.1 Å². The zero-order valence-electron chi connectivity index (χ0n) is 16.7. The van der Waals surface area contributed by atoms with E-state index in [-0.39, 0.29) is 12.5 Å². The third-order valence-electron chi connectivity index (χ3n) is 4.65. The second-order valence-corrected chi connectivity index (χ2v) is 6.83. The molecule has 0 saturated heterocycles. The number of hydrogen-bond donors (Lipinski definition) is 0. The molecule has 6 heteroatoms. The van der Waals surface area contributed by atoms with Gasteiger partial charge in [0.25, 0.3) is 5.91 Å². The minimum absolute atomic E-state index is 0.125.